The second kappa shape index (κ2) is 11.2. The van der Waals surface area contributed by atoms with Gasteiger partial charge >= 0.3 is 0 Å². The van der Waals surface area contributed by atoms with Gasteiger partial charge in [-0.2, -0.15) is 0 Å². The summed E-state index contributed by atoms with van der Waals surface area (Å²) in [6.07, 6.45) is 0.841. The van der Waals surface area contributed by atoms with Crippen LogP contribution in [0.1, 0.15) is 18.3 Å². The smallest absolute Gasteiger partial charge is 0.180 e. The van der Waals surface area contributed by atoms with E-state index in [1.54, 1.807) is 0 Å². The van der Waals surface area contributed by atoms with Crippen molar-refractivity contribution in [3.63, 3.8) is 0 Å². The number of benzene rings is 5. The summed E-state index contributed by atoms with van der Waals surface area (Å²) in [5.74, 6) is 0.660. The van der Waals surface area contributed by atoms with Gasteiger partial charge in [0.25, 0.3) is 0 Å². The van der Waals surface area contributed by atoms with Crippen LogP contribution in [0.2, 0.25) is 0 Å². The quantitative estimate of drug-likeness (QED) is 0.180. The first-order valence-electron chi connectivity index (χ1n) is 16.3. The van der Waals surface area contributed by atoms with E-state index < -0.39 is 0 Å². The van der Waals surface area contributed by atoms with Crippen molar-refractivity contribution < 1.29 is 4.42 Å². The van der Waals surface area contributed by atoms with Crippen LogP contribution >= 0.6 is 0 Å². The third-order valence-corrected chi connectivity index (χ3v) is 9.09. The molecule has 0 aliphatic rings. The largest absolute Gasteiger partial charge is 0.452 e. The zero-order chi connectivity index (χ0) is 32.2. The predicted octanol–water partition coefficient (Wildman–Crippen LogP) is 11.0. The zero-order valence-corrected chi connectivity index (χ0v) is 26.6. The molecule has 0 fully saturated rings. The van der Waals surface area contributed by atoms with E-state index >= 15 is 0 Å². The van der Waals surface area contributed by atoms with Gasteiger partial charge in [-0.25, -0.2) is 9.97 Å². The molecule has 0 amide bonds. The molecular weight excluding hydrogens is 589 g/mol. The monoisotopic (exact) mass is 618 g/mol. The molecule has 0 aliphatic heterocycles. The maximum absolute atomic E-state index is 6.32. The Bertz CT molecular complexity index is 2680. The number of para-hydroxylation sites is 1. The molecular formula is C43H30N4O. The van der Waals surface area contributed by atoms with Gasteiger partial charge in [-0.3, -0.25) is 9.97 Å². The van der Waals surface area contributed by atoms with Gasteiger partial charge in [0.1, 0.15) is 16.8 Å². The summed E-state index contributed by atoms with van der Waals surface area (Å²) in [4.78, 5) is 20.1. The Morgan fingerprint density at radius 1 is 0.521 bits per heavy atom. The summed E-state index contributed by atoms with van der Waals surface area (Å²) < 4.78 is 6.32. The highest BCUT2D eigenvalue weighted by Gasteiger charge is 2.18. The molecule has 4 heterocycles. The molecule has 5 heteroatoms. The van der Waals surface area contributed by atoms with Gasteiger partial charge in [-0.1, -0.05) is 104 Å². The van der Waals surface area contributed by atoms with Crippen LogP contribution < -0.4 is 0 Å². The van der Waals surface area contributed by atoms with Gasteiger partial charge in [0, 0.05) is 38.7 Å². The Morgan fingerprint density at radius 2 is 1.23 bits per heavy atom. The van der Waals surface area contributed by atoms with Crippen molar-refractivity contribution in [1.82, 2.24) is 19.9 Å². The number of hydrogen-bond donors (Lipinski definition) is 0. The summed E-state index contributed by atoms with van der Waals surface area (Å²) >= 11 is 0. The third-order valence-electron chi connectivity index (χ3n) is 9.09. The molecule has 5 aromatic carbocycles. The van der Waals surface area contributed by atoms with E-state index in [1.165, 1.54) is 0 Å². The molecule has 0 N–H and O–H groups in total. The number of rotatable bonds is 5. The van der Waals surface area contributed by atoms with Crippen LogP contribution in [0.25, 0.3) is 88.8 Å². The van der Waals surface area contributed by atoms with Crippen molar-refractivity contribution in [1.29, 1.82) is 0 Å². The highest BCUT2D eigenvalue weighted by molar-refractivity contribution is 6.09. The molecule has 0 aliphatic carbocycles. The molecule has 0 atom stereocenters. The van der Waals surface area contributed by atoms with Crippen molar-refractivity contribution in [2.24, 2.45) is 0 Å². The lowest BCUT2D eigenvalue weighted by Crippen LogP contribution is -1.95. The molecule has 9 aromatic rings. The van der Waals surface area contributed by atoms with Gasteiger partial charge < -0.3 is 4.42 Å². The van der Waals surface area contributed by atoms with E-state index in [0.29, 0.717) is 11.4 Å². The molecule has 0 saturated carbocycles. The second-order valence-electron chi connectivity index (χ2n) is 12.2. The van der Waals surface area contributed by atoms with E-state index in [9.17, 15) is 0 Å². The van der Waals surface area contributed by atoms with Gasteiger partial charge in [0.15, 0.2) is 11.4 Å². The Kier molecular flexibility index (Phi) is 6.57. The van der Waals surface area contributed by atoms with E-state index in [4.69, 9.17) is 24.4 Å². The van der Waals surface area contributed by atoms with E-state index in [0.717, 1.165) is 95.2 Å². The Hall–Kier alpha value is -6.20. The van der Waals surface area contributed by atoms with Crippen LogP contribution in [0.3, 0.4) is 0 Å². The summed E-state index contributed by atoms with van der Waals surface area (Å²) in [6, 6.07) is 46.2. The molecule has 0 bridgehead atoms. The first-order valence-corrected chi connectivity index (χ1v) is 16.3. The van der Waals surface area contributed by atoms with E-state index in [1.807, 2.05) is 43.3 Å². The summed E-state index contributed by atoms with van der Waals surface area (Å²) in [5, 5.41) is 3.18. The lowest BCUT2D eigenvalue weighted by molar-refractivity contribution is 0.667. The minimum atomic E-state index is 0.660. The fraction of sp³-hybridized carbons (Fsp3) is 0.0698. The SMILES string of the molecule is CCc1cc(-c2cccc(-c3cccc(-c4nc(-c5ccccc5)c5oc6ccccc6c5n4)c3)c2)c2ccc3ccc(C)nc3c2n1. The van der Waals surface area contributed by atoms with Crippen LogP contribution in [0.5, 0.6) is 0 Å². The van der Waals surface area contributed by atoms with Crippen molar-refractivity contribution in [3.05, 3.63) is 145 Å². The maximum atomic E-state index is 6.32. The third kappa shape index (κ3) is 4.71. The molecule has 5 nitrogen and oxygen atoms in total. The molecule has 228 valence electrons. The number of nitrogens with zero attached hydrogens (tertiary/aromatic N) is 4. The normalized spacial score (nSPS) is 11.6. The van der Waals surface area contributed by atoms with E-state index in [2.05, 4.69) is 104 Å². The van der Waals surface area contributed by atoms with Crippen molar-refractivity contribution >= 4 is 43.9 Å². The first-order chi connectivity index (χ1) is 23.6. The van der Waals surface area contributed by atoms with Crippen LogP contribution in [0.4, 0.5) is 0 Å². The average molecular weight is 619 g/mol. The number of fused-ring (bicyclic) bond motifs is 6. The number of hydrogen-bond acceptors (Lipinski definition) is 5. The van der Waals surface area contributed by atoms with Gasteiger partial charge in [-0.15, -0.1) is 0 Å². The van der Waals surface area contributed by atoms with Gasteiger partial charge in [0.05, 0.1) is 11.0 Å². The molecule has 0 radical (unpaired) electrons. The molecule has 48 heavy (non-hydrogen) atoms. The minimum absolute atomic E-state index is 0.660. The molecule has 0 saturated heterocycles. The average Bonchev–Trinajstić information content (AvgIpc) is 3.53. The topological polar surface area (TPSA) is 64.7 Å². The van der Waals surface area contributed by atoms with Crippen LogP contribution in [-0.4, -0.2) is 19.9 Å². The van der Waals surface area contributed by atoms with Gasteiger partial charge in [-0.05, 0) is 72.0 Å². The zero-order valence-electron chi connectivity index (χ0n) is 26.6. The fourth-order valence-electron chi connectivity index (χ4n) is 6.66. The standard InChI is InChI=1S/C43H30N4O/c1-3-33-25-36(34-22-21-28-20-19-26(2)44-38(28)40(34)45-33)31-15-9-13-29(23-31)30-14-10-16-32(24-30)43-46-39(27-11-5-4-6-12-27)42-41(47-43)35-17-7-8-18-37(35)48-42/h4-25H,3H2,1-2H3. The first kappa shape index (κ1) is 28.1. The summed E-state index contributed by atoms with van der Waals surface area (Å²) in [7, 11) is 0. The number of aryl methyl sites for hydroxylation is 2. The van der Waals surface area contributed by atoms with Gasteiger partial charge in [0.2, 0.25) is 0 Å². The van der Waals surface area contributed by atoms with Crippen LogP contribution in [0, 0.1) is 6.92 Å². The lowest BCUT2D eigenvalue weighted by Gasteiger charge is -2.13. The lowest BCUT2D eigenvalue weighted by atomic mass is 9.94. The van der Waals surface area contributed by atoms with Crippen LogP contribution in [0.15, 0.2) is 138 Å². The highest BCUT2D eigenvalue weighted by atomic mass is 16.3. The molecule has 0 spiro atoms. The summed E-state index contributed by atoms with van der Waals surface area (Å²) in [5.41, 5.74) is 13.5. The van der Waals surface area contributed by atoms with E-state index in [-0.39, 0.29) is 0 Å². The van der Waals surface area contributed by atoms with Crippen molar-refractivity contribution in [2.75, 3.05) is 0 Å². The minimum Gasteiger partial charge on any atom is -0.452 e. The van der Waals surface area contributed by atoms with Crippen molar-refractivity contribution in [2.45, 2.75) is 20.3 Å². The number of aromatic nitrogens is 4. The number of pyridine rings is 2. The molecule has 4 aromatic heterocycles. The molecule has 0 unspecified atom stereocenters. The maximum Gasteiger partial charge on any atom is 0.180 e. The van der Waals surface area contributed by atoms with Crippen molar-refractivity contribution in [3.8, 4) is 44.9 Å². The number of furan rings is 1. The second-order valence-corrected chi connectivity index (χ2v) is 12.2. The Balaban J connectivity index is 1.19. The Labute approximate surface area is 277 Å². The fourth-order valence-corrected chi connectivity index (χ4v) is 6.66. The van der Waals surface area contributed by atoms with Crippen LogP contribution in [-0.2, 0) is 6.42 Å². The highest BCUT2D eigenvalue weighted by Crippen LogP contribution is 2.38. The molecule has 9 rings (SSSR count). The predicted molar refractivity (Wildman–Crippen MR) is 196 cm³/mol. The summed E-state index contributed by atoms with van der Waals surface area (Å²) in [6.45, 7) is 4.18. The Morgan fingerprint density at radius 3 is 2.06 bits per heavy atom.